The molecular formula is C26H20N4O4. The van der Waals surface area contributed by atoms with E-state index in [2.05, 4.69) is 4.98 Å². The maximum Gasteiger partial charge on any atom is 0.300 e. The summed E-state index contributed by atoms with van der Waals surface area (Å²) in [6.45, 7) is 1.93. The van der Waals surface area contributed by atoms with Crippen LogP contribution in [0.25, 0.3) is 22.6 Å². The van der Waals surface area contributed by atoms with Crippen molar-refractivity contribution in [2.45, 2.75) is 13.1 Å². The van der Waals surface area contributed by atoms with Crippen molar-refractivity contribution in [2.24, 2.45) is 0 Å². The van der Waals surface area contributed by atoms with Gasteiger partial charge in [0.15, 0.2) is 29.2 Å². The number of methoxy groups -OCH3 is 2. The predicted octanol–water partition coefficient (Wildman–Crippen LogP) is 3.82. The van der Waals surface area contributed by atoms with Gasteiger partial charge in [0.25, 0.3) is 11.5 Å². The topological polar surface area (TPSA) is 86.6 Å². The Labute approximate surface area is 195 Å². The molecule has 0 bridgehead atoms. The zero-order valence-corrected chi connectivity index (χ0v) is 18.8. The normalized spacial score (nSPS) is 15.3. The van der Waals surface area contributed by atoms with Crippen LogP contribution in [0.15, 0.2) is 65.5 Å². The molecule has 2 aliphatic rings. The average molecular weight is 452 g/mol. The second kappa shape index (κ2) is 7.28. The van der Waals surface area contributed by atoms with E-state index < -0.39 is 11.7 Å². The average Bonchev–Trinajstić information content (AvgIpc) is 3.16. The molecule has 8 nitrogen and oxygen atoms in total. The first-order valence-electron chi connectivity index (χ1n) is 10.8. The van der Waals surface area contributed by atoms with Crippen LogP contribution in [-0.2, 0) is 0 Å². The van der Waals surface area contributed by atoms with E-state index >= 15 is 0 Å². The summed E-state index contributed by atoms with van der Waals surface area (Å²) in [6.07, 6.45) is -0.624. The fraction of sp³-hybridized carbons (Fsp3) is 0.154. The SMILES string of the molecule is COc1ccc2c(c1OC)C(=O)N1c3c(C)cccc3-c3nc(=O)c(-c4ccccc4)nn3[C@H]21. The maximum atomic E-state index is 13.9. The molecule has 1 aromatic heterocycles. The lowest BCUT2D eigenvalue weighted by molar-refractivity contribution is 0.0983. The van der Waals surface area contributed by atoms with Crippen LogP contribution in [0, 0.1) is 6.92 Å². The van der Waals surface area contributed by atoms with Crippen molar-refractivity contribution >= 4 is 11.6 Å². The molecule has 2 aliphatic heterocycles. The second-order valence-corrected chi connectivity index (χ2v) is 8.18. The second-order valence-electron chi connectivity index (χ2n) is 8.18. The van der Waals surface area contributed by atoms with Gasteiger partial charge in [-0.3, -0.25) is 14.5 Å². The third-order valence-corrected chi connectivity index (χ3v) is 6.37. The van der Waals surface area contributed by atoms with E-state index in [0.29, 0.717) is 45.3 Å². The fourth-order valence-corrected chi connectivity index (χ4v) is 4.90. The van der Waals surface area contributed by atoms with Crippen LogP contribution in [0.4, 0.5) is 5.69 Å². The number of hydrogen-bond donors (Lipinski definition) is 0. The lowest BCUT2D eigenvalue weighted by atomic mass is 10.0. The zero-order valence-electron chi connectivity index (χ0n) is 18.8. The number of para-hydroxylation sites is 1. The molecule has 34 heavy (non-hydrogen) atoms. The van der Waals surface area contributed by atoms with E-state index in [9.17, 15) is 9.59 Å². The highest BCUT2D eigenvalue weighted by Gasteiger charge is 2.47. The molecule has 6 rings (SSSR count). The van der Waals surface area contributed by atoms with E-state index in [1.54, 1.807) is 15.6 Å². The molecule has 0 radical (unpaired) electrons. The van der Waals surface area contributed by atoms with Crippen LogP contribution in [0.1, 0.15) is 27.7 Å². The summed E-state index contributed by atoms with van der Waals surface area (Å²) in [5.41, 5.74) is 3.85. The molecule has 0 N–H and O–H groups in total. The Kier molecular flexibility index (Phi) is 4.32. The minimum Gasteiger partial charge on any atom is -0.493 e. The number of ether oxygens (including phenoxy) is 2. The van der Waals surface area contributed by atoms with Gasteiger partial charge in [-0.2, -0.15) is 10.1 Å². The van der Waals surface area contributed by atoms with Crippen molar-refractivity contribution in [3.05, 3.63) is 87.7 Å². The van der Waals surface area contributed by atoms with E-state index in [0.717, 1.165) is 5.56 Å². The lowest BCUT2D eigenvalue weighted by Crippen LogP contribution is -2.39. The molecule has 0 saturated heterocycles. The molecule has 3 aromatic carbocycles. The molecule has 8 heteroatoms. The highest BCUT2D eigenvalue weighted by atomic mass is 16.5. The number of carbonyl (C=O) groups excluding carboxylic acids is 1. The molecule has 168 valence electrons. The molecule has 3 heterocycles. The third kappa shape index (κ3) is 2.59. The van der Waals surface area contributed by atoms with Crippen molar-refractivity contribution in [2.75, 3.05) is 19.1 Å². The Bertz CT molecular complexity index is 1540. The van der Waals surface area contributed by atoms with Gasteiger partial charge in [0.05, 0.1) is 25.5 Å². The van der Waals surface area contributed by atoms with E-state index in [1.807, 2.05) is 61.5 Å². The lowest BCUT2D eigenvalue weighted by Gasteiger charge is -2.35. The van der Waals surface area contributed by atoms with Crippen molar-refractivity contribution in [3.8, 4) is 34.1 Å². The Hall–Kier alpha value is -4.46. The molecule has 0 saturated carbocycles. The summed E-state index contributed by atoms with van der Waals surface area (Å²) in [5, 5.41) is 4.76. The Morgan fingerprint density at radius 3 is 2.44 bits per heavy atom. The first-order chi connectivity index (χ1) is 16.5. The van der Waals surface area contributed by atoms with Crippen molar-refractivity contribution in [3.63, 3.8) is 0 Å². The van der Waals surface area contributed by atoms with Gasteiger partial charge in [-0.15, -0.1) is 0 Å². The van der Waals surface area contributed by atoms with Gasteiger partial charge in [0, 0.05) is 16.7 Å². The fourth-order valence-electron chi connectivity index (χ4n) is 4.90. The van der Waals surface area contributed by atoms with Gasteiger partial charge in [0.2, 0.25) is 0 Å². The maximum absolute atomic E-state index is 13.9. The summed E-state index contributed by atoms with van der Waals surface area (Å²) >= 11 is 0. The molecular weight excluding hydrogens is 432 g/mol. The number of benzene rings is 3. The summed E-state index contributed by atoms with van der Waals surface area (Å²) in [6, 6.07) is 18.5. The van der Waals surface area contributed by atoms with Crippen LogP contribution in [0.3, 0.4) is 0 Å². The highest BCUT2D eigenvalue weighted by molar-refractivity contribution is 6.15. The number of aryl methyl sites for hydroxylation is 1. The first kappa shape index (κ1) is 20.2. The molecule has 0 fully saturated rings. The summed E-state index contributed by atoms with van der Waals surface area (Å²) in [7, 11) is 3.05. The number of anilines is 1. The van der Waals surface area contributed by atoms with Gasteiger partial charge in [-0.25, -0.2) is 4.68 Å². The Morgan fingerprint density at radius 2 is 1.71 bits per heavy atom. The third-order valence-electron chi connectivity index (χ3n) is 6.37. The Morgan fingerprint density at radius 1 is 0.912 bits per heavy atom. The van der Waals surface area contributed by atoms with Crippen molar-refractivity contribution in [1.82, 2.24) is 14.8 Å². The van der Waals surface area contributed by atoms with Gasteiger partial charge >= 0.3 is 0 Å². The Balaban J connectivity index is 1.71. The molecule has 1 atom stereocenters. The predicted molar refractivity (Wildman–Crippen MR) is 126 cm³/mol. The van der Waals surface area contributed by atoms with Crippen LogP contribution >= 0.6 is 0 Å². The molecule has 0 aliphatic carbocycles. The van der Waals surface area contributed by atoms with Crippen LogP contribution < -0.4 is 19.9 Å². The molecule has 4 aromatic rings. The van der Waals surface area contributed by atoms with Gasteiger partial charge in [0.1, 0.15) is 0 Å². The van der Waals surface area contributed by atoms with Crippen LogP contribution in [0.2, 0.25) is 0 Å². The number of carbonyl (C=O) groups is 1. The standard InChI is InChI=1S/C26H20N4O4/c1-14-8-7-11-17-21(14)29-25(16-12-13-18(33-2)22(34-3)19(16)26(29)32)30-23(17)27-24(31)20(28-30)15-9-5-4-6-10-15/h4-13,25H,1-3H3/t25-/m1/s1. The molecule has 1 amide bonds. The molecule has 0 unspecified atom stereocenters. The quantitative estimate of drug-likeness (QED) is 0.470. The summed E-state index contributed by atoms with van der Waals surface area (Å²) < 4.78 is 12.7. The smallest absolute Gasteiger partial charge is 0.300 e. The van der Waals surface area contributed by atoms with E-state index in [1.165, 1.54) is 14.2 Å². The van der Waals surface area contributed by atoms with Crippen LogP contribution in [-0.4, -0.2) is 34.9 Å². The summed E-state index contributed by atoms with van der Waals surface area (Å²) in [5.74, 6) is 1.03. The number of fused-ring (bicyclic) bond motifs is 8. The van der Waals surface area contributed by atoms with Crippen LogP contribution in [0.5, 0.6) is 11.5 Å². The van der Waals surface area contributed by atoms with Gasteiger partial charge < -0.3 is 9.47 Å². The number of hydrogen-bond acceptors (Lipinski definition) is 6. The number of amides is 1. The number of nitrogens with zero attached hydrogens (tertiary/aromatic N) is 4. The molecule has 0 spiro atoms. The van der Waals surface area contributed by atoms with E-state index in [4.69, 9.17) is 14.6 Å². The number of rotatable bonds is 3. The number of aromatic nitrogens is 3. The minimum absolute atomic E-state index is 0.223. The summed E-state index contributed by atoms with van der Waals surface area (Å²) in [4.78, 5) is 33.1. The largest absolute Gasteiger partial charge is 0.493 e. The minimum atomic E-state index is -0.624. The zero-order chi connectivity index (χ0) is 23.6. The monoisotopic (exact) mass is 452 g/mol. The highest BCUT2D eigenvalue weighted by Crippen LogP contribution is 2.51. The van der Waals surface area contributed by atoms with Gasteiger partial charge in [-0.1, -0.05) is 48.5 Å². The van der Waals surface area contributed by atoms with Crippen molar-refractivity contribution < 1.29 is 14.3 Å². The first-order valence-corrected chi connectivity index (χ1v) is 10.8. The van der Waals surface area contributed by atoms with Crippen molar-refractivity contribution in [1.29, 1.82) is 0 Å². The van der Waals surface area contributed by atoms with E-state index in [-0.39, 0.29) is 11.6 Å². The van der Waals surface area contributed by atoms with Gasteiger partial charge in [-0.05, 0) is 24.6 Å².